The molecular weight excluding hydrogens is 470 g/mol. The van der Waals surface area contributed by atoms with E-state index in [-0.39, 0.29) is 0 Å². The lowest BCUT2D eigenvalue weighted by atomic mass is 10.3. The molecule has 3 aromatic rings. The highest BCUT2D eigenvalue weighted by atomic mass is 35.5. The number of carbonyl (C=O) groups is 1. The maximum atomic E-state index is 11.7. The first kappa shape index (κ1) is 22.1. The second kappa shape index (κ2) is 9.46. The van der Waals surface area contributed by atoms with Crippen LogP contribution in [0.25, 0.3) is 0 Å². The number of rotatable bonds is 5. The number of ether oxygens (including phenoxy) is 1. The number of hydrogen-bond donors (Lipinski definition) is 0. The Morgan fingerprint density at radius 3 is 1.72 bits per heavy atom. The summed E-state index contributed by atoms with van der Waals surface area (Å²) in [4.78, 5) is 14.4. The van der Waals surface area contributed by atoms with Gasteiger partial charge in [0.05, 0.1) is 10.0 Å². The van der Waals surface area contributed by atoms with Crippen LogP contribution in [-0.2, 0) is 15.7 Å². The van der Waals surface area contributed by atoms with Crippen molar-refractivity contribution in [2.24, 2.45) is 0 Å². The van der Waals surface area contributed by atoms with Crippen molar-refractivity contribution in [2.45, 2.75) is 21.6 Å². The van der Waals surface area contributed by atoms with Gasteiger partial charge in [-0.3, -0.25) is 0 Å². The summed E-state index contributed by atoms with van der Waals surface area (Å²) in [6.07, 6.45) is 0. The lowest BCUT2D eigenvalue weighted by molar-refractivity contribution is -0.130. The molecule has 3 rings (SSSR count). The highest BCUT2D eigenvalue weighted by Gasteiger charge is 2.33. The molecule has 0 spiro atoms. The van der Waals surface area contributed by atoms with E-state index in [1.165, 1.54) is 0 Å². The fourth-order valence-electron chi connectivity index (χ4n) is 2.49. The molecule has 0 saturated carbocycles. The molecule has 0 bridgehead atoms. The molecule has 3 aromatic carbocycles. The number of benzene rings is 3. The van der Waals surface area contributed by atoms with Gasteiger partial charge in [0.25, 0.3) is 0 Å². The fraction of sp³-hybridized carbons (Fsp3) is 0.0455. The minimum atomic E-state index is -0.623. The van der Waals surface area contributed by atoms with Crippen LogP contribution in [0.3, 0.4) is 0 Å². The van der Waals surface area contributed by atoms with E-state index >= 15 is 0 Å². The van der Waals surface area contributed by atoms with Crippen LogP contribution in [0.15, 0.2) is 87.5 Å². The predicted octanol–water partition coefficient (Wildman–Crippen LogP) is 7.88. The zero-order valence-corrected chi connectivity index (χ0v) is 19.1. The van der Waals surface area contributed by atoms with E-state index < -0.39 is 16.9 Å². The summed E-state index contributed by atoms with van der Waals surface area (Å²) in [5, 5.41) is 2.16. The molecule has 0 aromatic heterocycles. The van der Waals surface area contributed by atoms with Crippen molar-refractivity contribution in [2.75, 3.05) is 0 Å². The molecular formula is C22H15Cl4O2S+. The second-order valence-corrected chi connectivity index (χ2v) is 9.75. The minimum absolute atomic E-state index is 0.328. The van der Waals surface area contributed by atoms with Crippen LogP contribution in [0.5, 0.6) is 5.75 Å². The zero-order valence-electron chi connectivity index (χ0n) is 15.2. The van der Waals surface area contributed by atoms with Gasteiger partial charge in [0.2, 0.25) is 0 Å². The largest absolute Gasteiger partial charge is 0.423 e. The Hall–Kier alpha value is -1.62. The number of halogens is 4. The van der Waals surface area contributed by atoms with E-state index in [2.05, 4.69) is 6.58 Å². The molecule has 0 radical (unpaired) electrons. The van der Waals surface area contributed by atoms with Crippen molar-refractivity contribution in [3.63, 3.8) is 0 Å². The van der Waals surface area contributed by atoms with Gasteiger partial charge in [0, 0.05) is 15.6 Å². The predicted molar refractivity (Wildman–Crippen MR) is 122 cm³/mol. The Morgan fingerprint density at radius 1 is 0.828 bits per heavy atom. The Labute approximate surface area is 192 Å². The summed E-state index contributed by atoms with van der Waals surface area (Å²) < 4.78 is 5.28. The Kier molecular flexibility index (Phi) is 7.20. The number of esters is 1. The van der Waals surface area contributed by atoms with Crippen molar-refractivity contribution in [3.05, 3.63) is 92.9 Å². The van der Waals surface area contributed by atoms with Crippen molar-refractivity contribution in [1.82, 2.24) is 0 Å². The van der Waals surface area contributed by atoms with E-state index in [9.17, 15) is 4.79 Å². The third-order valence-electron chi connectivity index (χ3n) is 3.85. The van der Waals surface area contributed by atoms with Crippen molar-refractivity contribution in [3.8, 4) is 5.75 Å². The molecule has 0 aliphatic heterocycles. The molecule has 0 N–H and O–H groups in total. The van der Waals surface area contributed by atoms with Crippen LogP contribution in [0.1, 0.15) is 6.92 Å². The van der Waals surface area contributed by atoms with E-state index in [4.69, 9.17) is 51.1 Å². The van der Waals surface area contributed by atoms with Gasteiger partial charge < -0.3 is 4.74 Å². The molecule has 0 aliphatic carbocycles. The lowest BCUT2D eigenvalue weighted by Crippen LogP contribution is -2.09. The molecule has 0 heterocycles. The van der Waals surface area contributed by atoms with E-state index in [0.29, 0.717) is 31.4 Å². The van der Waals surface area contributed by atoms with Gasteiger partial charge in [0.1, 0.15) is 16.6 Å². The third kappa shape index (κ3) is 5.30. The first-order valence-electron chi connectivity index (χ1n) is 8.38. The summed E-state index contributed by atoms with van der Waals surface area (Å²) in [5.74, 6) is -0.0482. The van der Waals surface area contributed by atoms with Gasteiger partial charge in [0.15, 0.2) is 14.7 Å². The quantitative estimate of drug-likeness (QED) is 0.159. The van der Waals surface area contributed by atoms with Gasteiger partial charge in [-0.05, 0) is 67.6 Å². The van der Waals surface area contributed by atoms with Crippen LogP contribution >= 0.6 is 46.4 Å². The summed E-state index contributed by atoms with van der Waals surface area (Å²) in [5.41, 5.74) is 0.328. The Balaban J connectivity index is 2.08. The maximum Gasteiger partial charge on any atom is 0.338 e. The summed E-state index contributed by atoms with van der Waals surface area (Å²) in [6, 6.07) is 17.9. The van der Waals surface area contributed by atoms with Crippen LogP contribution in [0, 0.1) is 0 Å². The van der Waals surface area contributed by atoms with Crippen molar-refractivity contribution < 1.29 is 9.53 Å². The monoisotopic (exact) mass is 483 g/mol. The van der Waals surface area contributed by atoms with Crippen molar-refractivity contribution in [1.29, 1.82) is 0 Å². The average Bonchev–Trinajstić information content (AvgIpc) is 2.66. The topological polar surface area (TPSA) is 26.3 Å². The average molecular weight is 485 g/mol. The van der Waals surface area contributed by atoms with Crippen molar-refractivity contribution >= 4 is 63.3 Å². The van der Waals surface area contributed by atoms with Crippen LogP contribution in [-0.4, -0.2) is 5.97 Å². The van der Waals surface area contributed by atoms with Gasteiger partial charge in [-0.1, -0.05) is 53.0 Å². The van der Waals surface area contributed by atoms with E-state index in [1.54, 1.807) is 43.3 Å². The molecule has 0 unspecified atom stereocenters. The first-order valence-corrected chi connectivity index (χ1v) is 11.1. The lowest BCUT2D eigenvalue weighted by Gasteiger charge is -2.12. The minimum Gasteiger partial charge on any atom is -0.423 e. The molecule has 0 fully saturated rings. The van der Waals surface area contributed by atoms with Crippen LogP contribution in [0.2, 0.25) is 20.1 Å². The van der Waals surface area contributed by atoms with E-state index in [1.807, 2.05) is 24.3 Å². The Morgan fingerprint density at radius 2 is 1.31 bits per heavy atom. The smallest absolute Gasteiger partial charge is 0.338 e. The molecule has 148 valence electrons. The van der Waals surface area contributed by atoms with Gasteiger partial charge in [-0.2, -0.15) is 0 Å². The van der Waals surface area contributed by atoms with Crippen LogP contribution < -0.4 is 4.74 Å². The molecule has 29 heavy (non-hydrogen) atoms. The zero-order chi connectivity index (χ0) is 21.1. The normalized spacial score (nSPS) is 10.8. The maximum absolute atomic E-state index is 11.7. The third-order valence-corrected chi connectivity index (χ3v) is 7.50. The molecule has 0 amide bonds. The standard InChI is InChI=1S/C22H15Cl4O2S/c1-13(2)22(27)28-16-5-7-17(8-6-16)29(20-9-3-14(23)11-18(20)25)21-10-4-15(24)12-19(21)26/h3-12H,1H2,2H3/q+1. The molecule has 0 atom stereocenters. The SMILES string of the molecule is C=C(C)C(=O)Oc1ccc([S+](c2ccc(Cl)cc2Cl)c2ccc(Cl)cc2Cl)cc1. The van der Waals surface area contributed by atoms with Gasteiger partial charge >= 0.3 is 5.97 Å². The molecule has 0 aliphatic rings. The van der Waals surface area contributed by atoms with Gasteiger partial charge in [-0.15, -0.1) is 0 Å². The number of carbonyl (C=O) groups excluding carboxylic acids is 1. The van der Waals surface area contributed by atoms with Crippen LogP contribution in [0.4, 0.5) is 0 Å². The summed E-state index contributed by atoms with van der Waals surface area (Å²) >= 11 is 25.2. The summed E-state index contributed by atoms with van der Waals surface area (Å²) in [7, 11) is -0.623. The molecule has 0 saturated heterocycles. The molecule has 7 heteroatoms. The second-order valence-electron chi connectivity index (χ2n) is 6.10. The van der Waals surface area contributed by atoms with Gasteiger partial charge in [-0.25, -0.2) is 4.79 Å². The molecule has 2 nitrogen and oxygen atoms in total. The Bertz CT molecular complexity index is 1030. The number of hydrogen-bond acceptors (Lipinski definition) is 2. The first-order chi connectivity index (χ1) is 13.8. The highest BCUT2D eigenvalue weighted by Crippen LogP contribution is 2.40. The fourth-order valence-corrected chi connectivity index (χ4v) is 5.84. The summed E-state index contributed by atoms with van der Waals surface area (Å²) in [6.45, 7) is 5.18. The highest BCUT2D eigenvalue weighted by molar-refractivity contribution is 7.97. The van der Waals surface area contributed by atoms with E-state index in [0.717, 1.165) is 14.7 Å².